The number of aryl methyl sites for hydroxylation is 2. The van der Waals surface area contributed by atoms with Crippen LogP contribution in [0.3, 0.4) is 0 Å². The molecule has 1 atom stereocenters. The molecule has 2 N–H and O–H groups in total. The molecule has 25 heavy (non-hydrogen) atoms. The minimum absolute atomic E-state index is 0.371. The van der Waals surface area contributed by atoms with Gasteiger partial charge in [-0.25, -0.2) is 4.98 Å². The molecule has 3 rings (SSSR count). The Bertz CT molecular complexity index is 730. The van der Waals surface area contributed by atoms with Crippen molar-refractivity contribution in [1.29, 1.82) is 0 Å². The van der Waals surface area contributed by atoms with Gasteiger partial charge in [0.2, 0.25) is 0 Å². The van der Waals surface area contributed by atoms with E-state index in [2.05, 4.69) is 57.6 Å². The van der Waals surface area contributed by atoms with Crippen LogP contribution < -0.4 is 10.6 Å². The fourth-order valence-electron chi connectivity index (χ4n) is 3.06. The van der Waals surface area contributed by atoms with E-state index in [4.69, 9.17) is 5.10 Å². The maximum Gasteiger partial charge on any atom is 0.191 e. The van der Waals surface area contributed by atoms with E-state index < -0.39 is 0 Å². The fourth-order valence-corrected chi connectivity index (χ4v) is 3.80. The molecule has 1 aliphatic carbocycles. The van der Waals surface area contributed by atoms with Crippen LogP contribution in [0.2, 0.25) is 0 Å². The highest BCUT2D eigenvalue weighted by Crippen LogP contribution is 2.21. The van der Waals surface area contributed by atoms with Gasteiger partial charge < -0.3 is 10.6 Å². The smallest absolute Gasteiger partial charge is 0.191 e. The summed E-state index contributed by atoms with van der Waals surface area (Å²) in [4.78, 5) is 8.95. The third-order valence-electron chi connectivity index (χ3n) is 4.53. The second-order valence-electron chi connectivity index (χ2n) is 6.77. The van der Waals surface area contributed by atoms with Crippen molar-refractivity contribution in [2.45, 2.75) is 65.1 Å². The molecule has 0 saturated heterocycles. The van der Waals surface area contributed by atoms with Gasteiger partial charge in [-0.2, -0.15) is 5.10 Å². The van der Waals surface area contributed by atoms with Crippen LogP contribution in [0.1, 0.15) is 55.2 Å². The van der Waals surface area contributed by atoms with Crippen LogP contribution in [-0.2, 0) is 25.8 Å². The predicted molar refractivity (Wildman–Crippen MR) is 103 cm³/mol. The highest BCUT2D eigenvalue weighted by Gasteiger charge is 2.23. The molecule has 0 bridgehead atoms. The van der Waals surface area contributed by atoms with E-state index in [1.807, 2.05) is 7.05 Å². The summed E-state index contributed by atoms with van der Waals surface area (Å²) in [6, 6.07) is 0.786. The highest BCUT2D eigenvalue weighted by atomic mass is 32.1. The van der Waals surface area contributed by atoms with Gasteiger partial charge in [0.15, 0.2) is 5.96 Å². The summed E-state index contributed by atoms with van der Waals surface area (Å²) in [5.74, 6) is 0.836. The third-order valence-corrected chi connectivity index (χ3v) is 5.57. The zero-order valence-electron chi connectivity index (χ0n) is 15.5. The standard InChI is InChI=1S/C18H28N6S/c1-5-17-21-15(11-25-17)9-20-18(19-4)22-14-7-6-13-10-24(12(2)3)23-16(13)8-14/h10-12,14H,5-9H2,1-4H3,(H2,19,20,22). The topological polar surface area (TPSA) is 67.1 Å². The molecule has 2 heterocycles. The van der Waals surface area contributed by atoms with E-state index in [0.717, 1.165) is 37.3 Å². The second kappa shape index (κ2) is 7.99. The van der Waals surface area contributed by atoms with Crippen LogP contribution in [-0.4, -0.2) is 33.8 Å². The van der Waals surface area contributed by atoms with Crippen LogP contribution in [0.25, 0.3) is 0 Å². The summed E-state index contributed by atoms with van der Waals surface area (Å²) in [6.45, 7) is 7.18. The number of rotatable bonds is 5. The van der Waals surface area contributed by atoms with Gasteiger partial charge in [0.05, 0.1) is 22.9 Å². The molecule has 0 aromatic carbocycles. The summed E-state index contributed by atoms with van der Waals surface area (Å²) in [6.07, 6.45) is 6.32. The molecule has 2 aromatic heterocycles. The Kier molecular flexibility index (Phi) is 5.73. The summed E-state index contributed by atoms with van der Waals surface area (Å²) >= 11 is 1.72. The molecule has 6 nitrogen and oxygen atoms in total. The molecule has 7 heteroatoms. The predicted octanol–water partition coefficient (Wildman–Crippen LogP) is 2.71. The molecule has 0 fully saturated rings. The number of aliphatic imine (C=N–C) groups is 1. The van der Waals surface area contributed by atoms with E-state index in [9.17, 15) is 0 Å². The monoisotopic (exact) mass is 360 g/mol. The van der Waals surface area contributed by atoms with E-state index in [1.54, 1.807) is 11.3 Å². The minimum Gasteiger partial charge on any atom is -0.353 e. The molecule has 0 aliphatic heterocycles. The normalized spacial score (nSPS) is 17.6. The Morgan fingerprint density at radius 2 is 2.32 bits per heavy atom. The summed E-state index contributed by atoms with van der Waals surface area (Å²) < 4.78 is 2.08. The second-order valence-corrected chi connectivity index (χ2v) is 7.71. The van der Waals surface area contributed by atoms with Crippen molar-refractivity contribution in [3.63, 3.8) is 0 Å². The van der Waals surface area contributed by atoms with Gasteiger partial charge in [-0.3, -0.25) is 9.67 Å². The lowest BCUT2D eigenvalue weighted by molar-refractivity contribution is 0.499. The number of hydrogen-bond acceptors (Lipinski definition) is 4. The van der Waals surface area contributed by atoms with Crippen LogP contribution in [0.4, 0.5) is 0 Å². The molecular formula is C18H28N6S. The van der Waals surface area contributed by atoms with E-state index in [1.165, 1.54) is 16.3 Å². The maximum atomic E-state index is 4.75. The van der Waals surface area contributed by atoms with Crippen molar-refractivity contribution in [1.82, 2.24) is 25.4 Å². The first-order valence-corrected chi connectivity index (χ1v) is 9.94. The molecule has 0 saturated carbocycles. The van der Waals surface area contributed by atoms with Crippen molar-refractivity contribution in [3.8, 4) is 0 Å². The average Bonchev–Trinajstić information content (AvgIpc) is 3.24. The largest absolute Gasteiger partial charge is 0.353 e. The first-order valence-electron chi connectivity index (χ1n) is 9.06. The quantitative estimate of drug-likeness (QED) is 0.635. The van der Waals surface area contributed by atoms with Crippen molar-refractivity contribution in [2.24, 2.45) is 4.99 Å². The van der Waals surface area contributed by atoms with Gasteiger partial charge in [0.25, 0.3) is 0 Å². The van der Waals surface area contributed by atoms with Crippen molar-refractivity contribution in [2.75, 3.05) is 7.05 Å². The number of guanidine groups is 1. The Hall–Kier alpha value is -1.89. The average molecular weight is 361 g/mol. The van der Waals surface area contributed by atoms with E-state index in [0.29, 0.717) is 18.6 Å². The van der Waals surface area contributed by atoms with Gasteiger partial charge in [0, 0.05) is 37.1 Å². The van der Waals surface area contributed by atoms with Gasteiger partial charge >= 0.3 is 0 Å². The molecule has 1 unspecified atom stereocenters. The van der Waals surface area contributed by atoms with Gasteiger partial charge in [-0.1, -0.05) is 6.92 Å². The molecule has 0 spiro atoms. The fraction of sp³-hybridized carbons (Fsp3) is 0.611. The Morgan fingerprint density at radius 1 is 1.48 bits per heavy atom. The lowest BCUT2D eigenvalue weighted by Crippen LogP contribution is -2.45. The van der Waals surface area contributed by atoms with E-state index in [-0.39, 0.29) is 0 Å². The SMILES string of the molecule is CCc1nc(CNC(=NC)NC2CCc3cn(C(C)C)nc3C2)cs1. The number of nitrogens with one attached hydrogen (secondary N) is 2. The van der Waals surface area contributed by atoms with Crippen LogP contribution in [0.15, 0.2) is 16.6 Å². The maximum absolute atomic E-state index is 4.75. The zero-order valence-corrected chi connectivity index (χ0v) is 16.4. The summed E-state index contributed by atoms with van der Waals surface area (Å²) in [5.41, 5.74) is 3.69. The highest BCUT2D eigenvalue weighted by molar-refractivity contribution is 7.09. The molecule has 0 amide bonds. The van der Waals surface area contributed by atoms with Gasteiger partial charge in [-0.15, -0.1) is 11.3 Å². The number of nitrogens with zero attached hydrogens (tertiary/aromatic N) is 4. The van der Waals surface area contributed by atoms with Crippen LogP contribution in [0.5, 0.6) is 0 Å². The molecule has 0 radical (unpaired) electrons. The number of hydrogen-bond donors (Lipinski definition) is 2. The lowest BCUT2D eigenvalue weighted by atomic mass is 9.94. The van der Waals surface area contributed by atoms with Gasteiger partial charge in [0.1, 0.15) is 0 Å². The number of fused-ring (bicyclic) bond motifs is 1. The first-order chi connectivity index (χ1) is 12.1. The number of thiazole rings is 1. The summed E-state index contributed by atoms with van der Waals surface area (Å²) in [5, 5.41) is 15.0. The lowest BCUT2D eigenvalue weighted by Gasteiger charge is -2.24. The van der Waals surface area contributed by atoms with Crippen LogP contribution in [0, 0.1) is 0 Å². The summed E-state index contributed by atoms with van der Waals surface area (Å²) in [7, 11) is 1.82. The Balaban J connectivity index is 1.55. The molecular weight excluding hydrogens is 332 g/mol. The van der Waals surface area contributed by atoms with E-state index >= 15 is 0 Å². The minimum atomic E-state index is 0.371. The molecule has 1 aliphatic rings. The van der Waals surface area contributed by atoms with Crippen LogP contribution >= 0.6 is 11.3 Å². The Labute approximate surface area is 153 Å². The zero-order chi connectivity index (χ0) is 17.8. The first kappa shape index (κ1) is 17.9. The van der Waals surface area contributed by atoms with Crippen molar-refractivity contribution >= 4 is 17.3 Å². The number of aromatic nitrogens is 3. The molecule has 2 aromatic rings. The van der Waals surface area contributed by atoms with Crippen molar-refractivity contribution in [3.05, 3.63) is 33.5 Å². The third kappa shape index (κ3) is 4.39. The molecule has 136 valence electrons. The Morgan fingerprint density at radius 3 is 3.00 bits per heavy atom. The van der Waals surface area contributed by atoms with Crippen molar-refractivity contribution < 1.29 is 0 Å². The van der Waals surface area contributed by atoms with Gasteiger partial charge in [-0.05, 0) is 38.7 Å².